The summed E-state index contributed by atoms with van der Waals surface area (Å²) in [4.78, 5) is 0. The van der Waals surface area contributed by atoms with Crippen LogP contribution in [0.1, 0.15) is 0 Å². The van der Waals surface area contributed by atoms with Gasteiger partial charge in [-0.3, -0.25) is 0 Å². The summed E-state index contributed by atoms with van der Waals surface area (Å²) in [5, 5.41) is 9.67. The Labute approximate surface area is 133 Å². The number of aromatic hydroxyl groups is 1. The van der Waals surface area contributed by atoms with Crippen molar-refractivity contribution in [3.05, 3.63) is 48.2 Å². The second kappa shape index (κ2) is 5.43. The van der Waals surface area contributed by atoms with E-state index in [0.717, 1.165) is 20.1 Å². The first-order valence-corrected chi connectivity index (χ1v) is 7.79. The lowest BCUT2D eigenvalue weighted by Crippen LogP contribution is -1.81. The molecule has 0 heterocycles. The number of hydrogen-bond acceptors (Lipinski definition) is 1. The Morgan fingerprint density at radius 1 is 0.647 bits per heavy atom. The van der Waals surface area contributed by atoms with Gasteiger partial charge in [-0.15, -0.1) is 0 Å². The first kappa shape index (κ1) is 13.6. The van der Waals surface area contributed by atoms with Gasteiger partial charge in [0, 0.05) is 8.95 Å². The molecule has 1 nitrogen and oxygen atoms in total. The zero-order valence-electron chi connectivity index (χ0n) is 8.35. The Bertz CT molecular complexity index is 537. The van der Waals surface area contributed by atoms with E-state index in [4.69, 9.17) is 0 Å². The summed E-state index contributed by atoms with van der Waals surface area (Å²) in [6.07, 6.45) is 0. The molecule has 0 aliphatic heterocycles. The van der Waals surface area contributed by atoms with Gasteiger partial charge in [-0.1, -0.05) is 31.9 Å². The predicted molar refractivity (Wildman–Crippen MR) is 84.3 cm³/mol. The molecule has 0 fully saturated rings. The van der Waals surface area contributed by atoms with Gasteiger partial charge in [0.05, 0.1) is 8.95 Å². The molecule has 0 aromatic heterocycles. The molecule has 2 aromatic rings. The number of phenolic OH excluding ortho intramolecular Hbond substituents is 1. The van der Waals surface area contributed by atoms with Crippen LogP contribution in [0.5, 0.6) is 5.75 Å². The molecule has 2 rings (SSSR count). The summed E-state index contributed by atoms with van der Waals surface area (Å²) in [5.41, 5.74) is 2.08. The quantitative estimate of drug-likeness (QED) is 0.517. The fourth-order valence-corrected chi connectivity index (χ4v) is 3.93. The van der Waals surface area contributed by atoms with Crippen molar-refractivity contribution < 1.29 is 5.11 Å². The van der Waals surface area contributed by atoms with Gasteiger partial charge in [0.1, 0.15) is 5.75 Å². The lowest BCUT2D eigenvalue weighted by Gasteiger charge is -2.07. The van der Waals surface area contributed by atoms with E-state index in [-0.39, 0.29) is 5.75 Å². The molecule has 1 N–H and O–H groups in total. The van der Waals surface area contributed by atoms with Gasteiger partial charge >= 0.3 is 0 Å². The molecule has 0 amide bonds. The van der Waals surface area contributed by atoms with E-state index in [9.17, 15) is 5.11 Å². The van der Waals surface area contributed by atoms with Crippen molar-refractivity contribution in [2.24, 2.45) is 0 Å². The molecule has 17 heavy (non-hydrogen) atoms. The van der Waals surface area contributed by atoms with E-state index in [1.54, 1.807) is 0 Å². The van der Waals surface area contributed by atoms with Crippen molar-refractivity contribution in [2.45, 2.75) is 0 Å². The van der Waals surface area contributed by atoms with Crippen molar-refractivity contribution in [2.75, 3.05) is 0 Å². The Balaban J connectivity index is 2.60. The number of phenols is 1. The monoisotopic (exact) mass is 482 g/mol. The third kappa shape index (κ3) is 3.13. The van der Waals surface area contributed by atoms with Gasteiger partial charge in [-0.05, 0) is 73.3 Å². The maximum atomic E-state index is 9.67. The fourth-order valence-electron chi connectivity index (χ4n) is 1.45. The first-order valence-electron chi connectivity index (χ1n) is 4.62. The van der Waals surface area contributed by atoms with Crippen molar-refractivity contribution >= 4 is 63.7 Å². The van der Waals surface area contributed by atoms with Gasteiger partial charge in [0.15, 0.2) is 0 Å². The Morgan fingerprint density at radius 2 is 1.06 bits per heavy atom. The summed E-state index contributed by atoms with van der Waals surface area (Å²) in [6.45, 7) is 0. The smallest absolute Gasteiger partial charge is 0.143 e. The molecule has 0 atom stereocenters. The van der Waals surface area contributed by atoms with E-state index >= 15 is 0 Å². The lowest BCUT2D eigenvalue weighted by atomic mass is 10.1. The summed E-state index contributed by atoms with van der Waals surface area (Å²) < 4.78 is 3.33. The van der Waals surface area contributed by atoms with Crippen molar-refractivity contribution in [1.82, 2.24) is 0 Å². The molecule has 0 radical (unpaired) electrons. The molecule has 0 saturated heterocycles. The SMILES string of the molecule is Oc1c(Br)cc(-c2cc(Br)cc(Br)c2)cc1Br. The second-order valence-electron chi connectivity index (χ2n) is 3.45. The second-order valence-corrected chi connectivity index (χ2v) is 6.99. The van der Waals surface area contributed by atoms with Crippen molar-refractivity contribution in [3.63, 3.8) is 0 Å². The molecule has 0 spiro atoms. The third-order valence-corrected chi connectivity index (χ3v) is 4.34. The summed E-state index contributed by atoms with van der Waals surface area (Å²) in [7, 11) is 0. The largest absolute Gasteiger partial charge is 0.506 e. The van der Waals surface area contributed by atoms with Crippen molar-refractivity contribution in [3.8, 4) is 16.9 Å². The molecule has 5 heteroatoms. The molecular weight excluding hydrogens is 480 g/mol. The van der Waals surface area contributed by atoms with E-state index in [1.165, 1.54) is 0 Å². The molecule has 0 aliphatic rings. The zero-order valence-corrected chi connectivity index (χ0v) is 14.7. The van der Waals surface area contributed by atoms with Gasteiger partial charge < -0.3 is 5.11 Å². The molecule has 2 aromatic carbocycles. The molecule has 0 aliphatic carbocycles. The van der Waals surface area contributed by atoms with E-state index < -0.39 is 0 Å². The van der Waals surface area contributed by atoms with Crippen LogP contribution in [0, 0.1) is 0 Å². The molecule has 88 valence electrons. The zero-order chi connectivity index (χ0) is 12.6. The third-order valence-electron chi connectivity index (χ3n) is 2.21. The highest BCUT2D eigenvalue weighted by molar-refractivity contribution is 9.11. The number of halogens is 4. The number of rotatable bonds is 1. The topological polar surface area (TPSA) is 20.2 Å². The van der Waals surface area contributed by atoms with Crippen LogP contribution in [0.15, 0.2) is 48.2 Å². The standard InChI is InChI=1S/C12H6Br4O/c13-8-1-6(2-9(14)5-8)7-3-10(15)12(17)11(16)4-7/h1-5,17H. The van der Waals surface area contributed by atoms with Crippen LogP contribution in [-0.2, 0) is 0 Å². The van der Waals surface area contributed by atoms with Crippen LogP contribution >= 0.6 is 63.7 Å². The van der Waals surface area contributed by atoms with E-state index in [1.807, 2.05) is 30.3 Å². The average Bonchev–Trinajstić information content (AvgIpc) is 2.23. The average molecular weight is 486 g/mol. The maximum Gasteiger partial charge on any atom is 0.143 e. The Hall–Kier alpha value is 0.160. The molecular formula is C12H6Br4O. The minimum Gasteiger partial charge on any atom is -0.506 e. The number of benzene rings is 2. The van der Waals surface area contributed by atoms with Crippen LogP contribution in [0.25, 0.3) is 11.1 Å². The van der Waals surface area contributed by atoms with Crippen LogP contribution in [0.3, 0.4) is 0 Å². The van der Waals surface area contributed by atoms with Crippen molar-refractivity contribution in [1.29, 1.82) is 0 Å². The first-order chi connectivity index (χ1) is 7.97. The molecule has 0 saturated carbocycles. The van der Waals surface area contributed by atoms with Crippen LogP contribution in [0.2, 0.25) is 0 Å². The fraction of sp³-hybridized carbons (Fsp3) is 0. The predicted octanol–water partition coefficient (Wildman–Crippen LogP) is 6.11. The van der Waals surface area contributed by atoms with Gasteiger partial charge in [0.25, 0.3) is 0 Å². The highest BCUT2D eigenvalue weighted by Crippen LogP contribution is 2.38. The summed E-state index contributed by atoms with van der Waals surface area (Å²) in [6, 6.07) is 9.79. The maximum absolute atomic E-state index is 9.67. The van der Waals surface area contributed by atoms with Gasteiger partial charge in [0.2, 0.25) is 0 Å². The van der Waals surface area contributed by atoms with Crippen LogP contribution in [0.4, 0.5) is 0 Å². The minimum atomic E-state index is 0.211. The van der Waals surface area contributed by atoms with Crippen LogP contribution < -0.4 is 0 Å². The Kier molecular flexibility index (Phi) is 4.34. The molecule has 0 unspecified atom stereocenters. The molecule has 0 bridgehead atoms. The number of hydrogen-bond donors (Lipinski definition) is 1. The lowest BCUT2D eigenvalue weighted by molar-refractivity contribution is 0.468. The van der Waals surface area contributed by atoms with Crippen LogP contribution in [-0.4, -0.2) is 5.11 Å². The Morgan fingerprint density at radius 3 is 1.53 bits per heavy atom. The normalized spacial score (nSPS) is 10.6. The highest BCUT2D eigenvalue weighted by Gasteiger charge is 2.08. The summed E-state index contributed by atoms with van der Waals surface area (Å²) in [5.74, 6) is 0.211. The van der Waals surface area contributed by atoms with E-state index in [0.29, 0.717) is 8.95 Å². The minimum absolute atomic E-state index is 0.211. The van der Waals surface area contributed by atoms with Gasteiger partial charge in [-0.25, -0.2) is 0 Å². The summed E-state index contributed by atoms with van der Waals surface area (Å²) >= 11 is 13.6. The van der Waals surface area contributed by atoms with Gasteiger partial charge in [-0.2, -0.15) is 0 Å². The highest BCUT2D eigenvalue weighted by atomic mass is 79.9. The van der Waals surface area contributed by atoms with E-state index in [2.05, 4.69) is 63.7 Å².